The van der Waals surface area contributed by atoms with Crippen molar-refractivity contribution < 1.29 is 28.4 Å². The normalized spacial score (nSPS) is 15.6. The number of H-pyrrole nitrogens is 1. The lowest BCUT2D eigenvalue weighted by Gasteiger charge is -2.27. The molecule has 1 atom stereocenters. The average Bonchev–Trinajstić information content (AvgIpc) is 3.46. The first-order valence-electron chi connectivity index (χ1n) is 19.1. The molecule has 57 heavy (non-hydrogen) atoms. The van der Waals surface area contributed by atoms with Crippen LogP contribution in [0.4, 0.5) is 10.1 Å². The molecule has 5 amide bonds. The van der Waals surface area contributed by atoms with Gasteiger partial charge in [-0.15, -0.1) is 0 Å². The Morgan fingerprint density at radius 3 is 2.51 bits per heavy atom. The first-order chi connectivity index (χ1) is 27.7. The number of pyridine rings is 1. The zero-order valence-electron chi connectivity index (χ0n) is 31.1. The third kappa shape index (κ3) is 8.57. The lowest BCUT2D eigenvalue weighted by atomic mass is 10.0. The van der Waals surface area contributed by atoms with Gasteiger partial charge in [-0.05, 0) is 67.3 Å². The lowest BCUT2D eigenvalue weighted by molar-refractivity contribution is -0.136. The molecule has 14 nitrogen and oxygen atoms in total. The molecular weight excluding hydrogens is 730 g/mol. The predicted octanol–water partition coefficient (Wildman–Crippen LogP) is 5.58. The molecule has 1 unspecified atom stereocenters. The van der Waals surface area contributed by atoms with E-state index in [0.29, 0.717) is 30.8 Å². The molecule has 4 heterocycles. The zero-order chi connectivity index (χ0) is 39.9. The number of hydrogen-bond donors (Lipinski definition) is 5. The van der Waals surface area contributed by atoms with Crippen LogP contribution >= 0.6 is 0 Å². The van der Waals surface area contributed by atoms with Crippen LogP contribution in [0.25, 0.3) is 10.9 Å². The lowest BCUT2D eigenvalue weighted by Crippen LogP contribution is -2.54. The van der Waals surface area contributed by atoms with Gasteiger partial charge >= 0.3 is 0 Å². The Morgan fingerprint density at radius 1 is 0.947 bits per heavy atom. The Hall–Kier alpha value is -6.77. The fourth-order valence-electron chi connectivity index (χ4n) is 7.15. The fraction of sp³-hybridized carbons (Fsp3) is 0.286. The summed E-state index contributed by atoms with van der Waals surface area (Å²) < 4.78 is 15.1. The van der Waals surface area contributed by atoms with Gasteiger partial charge in [-0.3, -0.25) is 44.3 Å². The number of piperidine rings is 1. The van der Waals surface area contributed by atoms with Crippen LogP contribution < -0.4 is 16.0 Å². The second-order valence-electron chi connectivity index (χ2n) is 14.1. The third-order valence-electron chi connectivity index (χ3n) is 10.2. The summed E-state index contributed by atoms with van der Waals surface area (Å²) in [5.41, 5.74) is 4.39. The summed E-state index contributed by atoms with van der Waals surface area (Å²) >= 11 is 0. The van der Waals surface area contributed by atoms with Gasteiger partial charge in [0.2, 0.25) is 11.8 Å². The maximum atomic E-state index is 15.1. The Kier molecular flexibility index (Phi) is 11.7. The van der Waals surface area contributed by atoms with E-state index in [9.17, 15) is 24.0 Å². The molecule has 15 heteroatoms. The zero-order valence-corrected chi connectivity index (χ0v) is 31.1. The predicted molar refractivity (Wildman–Crippen MR) is 212 cm³/mol. The highest BCUT2D eigenvalue weighted by Gasteiger charge is 2.45. The molecule has 0 bridgehead atoms. The van der Waals surface area contributed by atoms with Crippen LogP contribution in [0.15, 0.2) is 84.2 Å². The Labute approximate surface area is 327 Å². The van der Waals surface area contributed by atoms with Gasteiger partial charge < -0.3 is 16.0 Å². The van der Waals surface area contributed by atoms with Crippen molar-refractivity contribution in [3.63, 3.8) is 0 Å². The summed E-state index contributed by atoms with van der Waals surface area (Å²) in [5.74, 6) is -3.35. The molecule has 2 aliphatic rings. The van der Waals surface area contributed by atoms with Crippen molar-refractivity contribution in [1.29, 1.82) is 5.41 Å². The molecule has 0 radical (unpaired) electrons. The second-order valence-corrected chi connectivity index (χ2v) is 14.1. The minimum atomic E-state index is -1.01. The molecule has 5 aromatic rings. The molecule has 5 N–H and O–H groups in total. The van der Waals surface area contributed by atoms with Gasteiger partial charge in [-0.25, -0.2) is 4.39 Å². The Bertz CT molecular complexity index is 2400. The van der Waals surface area contributed by atoms with Crippen molar-refractivity contribution in [3.8, 4) is 0 Å². The van der Waals surface area contributed by atoms with E-state index in [1.165, 1.54) is 12.1 Å². The molecule has 2 aliphatic heterocycles. The standard InChI is InChI=1S/C42H42FN9O5/c43-32-23-28(35(24-44)50-52-29(25-48-52)22-26-12-15-33-27(21-26)9-8-20-45-33)13-14-30(32)39(54)47-19-6-4-2-1-3-5-18-46-34-11-7-10-31-38(34)42(57)51(41(31)56)36-16-17-37(53)49-40(36)55/h7-15,20-21,23-25,36,44,46,48H,1-6,16-19,22H2,(H,47,54)(H,49,53,55)/b44-24?,50-35+. The summed E-state index contributed by atoms with van der Waals surface area (Å²) in [6.07, 6.45) is 10.7. The quantitative estimate of drug-likeness (QED) is 0.0463. The number of nitrogens with zero attached hydrogens (tertiary/aromatic N) is 4. The van der Waals surface area contributed by atoms with Gasteiger partial charge in [0.05, 0.1) is 27.9 Å². The number of carbonyl (C=O) groups excluding carboxylic acids is 5. The average molecular weight is 772 g/mol. The number of imide groups is 2. The number of nitrogens with one attached hydrogen (secondary N) is 5. The van der Waals surface area contributed by atoms with Gasteiger partial charge in [0.15, 0.2) is 0 Å². The molecule has 3 aromatic carbocycles. The minimum absolute atomic E-state index is 0.0634. The van der Waals surface area contributed by atoms with Gasteiger partial charge in [-0.1, -0.05) is 49.9 Å². The highest BCUT2D eigenvalue weighted by atomic mass is 19.1. The monoisotopic (exact) mass is 771 g/mol. The number of aromatic nitrogens is 3. The van der Waals surface area contributed by atoms with Gasteiger partial charge in [0, 0.05) is 61.2 Å². The second kappa shape index (κ2) is 17.4. The van der Waals surface area contributed by atoms with Crippen LogP contribution in [-0.4, -0.2) is 80.4 Å². The summed E-state index contributed by atoms with van der Waals surface area (Å²) in [5, 5.41) is 24.7. The van der Waals surface area contributed by atoms with E-state index in [1.54, 1.807) is 35.3 Å². The largest absolute Gasteiger partial charge is 0.384 e. The molecule has 2 aromatic heterocycles. The summed E-state index contributed by atoms with van der Waals surface area (Å²) in [6, 6.07) is 18.1. The van der Waals surface area contributed by atoms with Crippen molar-refractivity contribution in [2.45, 2.75) is 63.8 Å². The number of hydrogen-bond acceptors (Lipinski definition) is 9. The number of aromatic amines is 1. The molecule has 0 spiro atoms. The number of amides is 5. The highest BCUT2D eigenvalue weighted by molar-refractivity contribution is 6.37. The highest BCUT2D eigenvalue weighted by Crippen LogP contribution is 2.32. The number of benzene rings is 3. The van der Waals surface area contributed by atoms with Crippen molar-refractivity contribution >= 4 is 58.1 Å². The van der Waals surface area contributed by atoms with E-state index in [4.69, 9.17) is 5.41 Å². The number of unbranched alkanes of at least 4 members (excludes halogenated alkanes) is 5. The fourth-order valence-corrected chi connectivity index (χ4v) is 7.15. The van der Waals surface area contributed by atoms with Gasteiger partial charge in [0.1, 0.15) is 17.6 Å². The van der Waals surface area contributed by atoms with Crippen LogP contribution in [0.2, 0.25) is 0 Å². The first-order valence-corrected chi connectivity index (χ1v) is 19.1. The topological polar surface area (TPSA) is 194 Å². The van der Waals surface area contributed by atoms with Crippen molar-refractivity contribution in [1.82, 2.24) is 30.4 Å². The van der Waals surface area contributed by atoms with Crippen LogP contribution in [0, 0.1) is 11.2 Å². The summed E-state index contributed by atoms with van der Waals surface area (Å²) in [6.45, 7) is 0.988. The SMILES string of the molecule is N=C/C(=N\n1[nH]cc1Cc1ccc2ncccc2c1)c1ccc(C(=O)NCCCCCCCCNc2cccc3c2C(=O)N(C2CCC(=O)NC2=O)C3=O)c(F)c1. The molecule has 1 fully saturated rings. The first kappa shape index (κ1) is 38.5. The summed E-state index contributed by atoms with van der Waals surface area (Å²) in [7, 11) is 0. The molecule has 0 aliphatic carbocycles. The van der Waals surface area contributed by atoms with E-state index in [0.717, 1.165) is 71.8 Å². The number of anilines is 1. The van der Waals surface area contributed by atoms with E-state index < -0.39 is 41.4 Å². The molecule has 292 valence electrons. The maximum absolute atomic E-state index is 15.1. The van der Waals surface area contributed by atoms with Crippen LogP contribution in [0.3, 0.4) is 0 Å². The Morgan fingerprint density at radius 2 is 1.75 bits per heavy atom. The molecule has 0 saturated carbocycles. The van der Waals surface area contributed by atoms with E-state index in [1.807, 2.05) is 30.5 Å². The van der Waals surface area contributed by atoms with Gasteiger partial charge in [-0.2, -0.15) is 9.89 Å². The smallest absolute Gasteiger partial charge is 0.264 e. The maximum Gasteiger partial charge on any atom is 0.264 e. The number of halogens is 1. The van der Waals surface area contributed by atoms with Gasteiger partial charge in [0.25, 0.3) is 17.7 Å². The van der Waals surface area contributed by atoms with Crippen molar-refractivity contribution in [2.75, 3.05) is 18.4 Å². The number of rotatable bonds is 17. The molecule has 7 rings (SSSR count). The summed E-state index contributed by atoms with van der Waals surface area (Å²) in [4.78, 5) is 69.9. The van der Waals surface area contributed by atoms with Crippen LogP contribution in [-0.2, 0) is 16.0 Å². The van der Waals surface area contributed by atoms with Crippen molar-refractivity contribution in [2.24, 2.45) is 5.10 Å². The van der Waals surface area contributed by atoms with Crippen molar-refractivity contribution in [3.05, 3.63) is 118 Å². The van der Waals surface area contributed by atoms with E-state index in [-0.39, 0.29) is 35.2 Å². The van der Waals surface area contributed by atoms with E-state index in [2.05, 4.69) is 37.2 Å². The third-order valence-corrected chi connectivity index (χ3v) is 10.2. The van der Waals surface area contributed by atoms with Crippen LogP contribution in [0.1, 0.15) is 99.3 Å². The Balaban J connectivity index is 0.810. The molecular formula is C42H42FN9O5. The molecule has 1 saturated heterocycles. The van der Waals surface area contributed by atoms with E-state index >= 15 is 4.39 Å². The minimum Gasteiger partial charge on any atom is -0.384 e. The number of carbonyl (C=O) groups is 5. The van der Waals surface area contributed by atoms with Crippen LogP contribution in [0.5, 0.6) is 0 Å². The number of fused-ring (bicyclic) bond motifs is 2.